The van der Waals surface area contributed by atoms with E-state index in [-0.39, 0.29) is 5.69 Å². The average molecular weight is 556 g/mol. The van der Waals surface area contributed by atoms with Gasteiger partial charge in [0.15, 0.2) is 5.58 Å². The normalized spacial score (nSPS) is 15.8. The third-order valence-corrected chi connectivity index (χ3v) is 7.88. The number of rotatable bonds is 11. The number of benzene rings is 1. The molecule has 10 heteroatoms. The van der Waals surface area contributed by atoms with Crippen molar-refractivity contribution in [3.05, 3.63) is 59.4 Å². The SMILES string of the molecule is CCCCCn1c(=O)nc(-c2ccc(NC3CCN(CCOC)C3)nc2)c2oc3ccc(-c4cnn(C)c4)cc3c21. The maximum absolute atomic E-state index is 13.5. The quantitative estimate of drug-likeness (QED) is 0.229. The summed E-state index contributed by atoms with van der Waals surface area (Å²) in [7, 11) is 3.64. The minimum absolute atomic E-state index is 0.276. The fourth-order valence-electron chi connectivity index (χ4n) is 5.69. The molecule has 1 atom stereocenters. The maximum atomic E-state index is 13.5. The topological polar surface area (TPSA) is 103 Å². The van der Waals surface area contributed by atoms with E-state index in [0.29, 0.717) is 23.9 Å². The van der Waals surface area contributed by atoms with Crippen molar-refractivity contribution in [2.45, 2.75) is 45.2 Å². The van der Waals surface area contributed by atoms with Gasteiger partial charge in [0.2, 0.25) is 0 Å². The number of nitrogens with zero attached hydrogens (tertiary/aromatic N) is 6. The van der Waals surface area contributed by atoms with Crippen LogP contribution in [0.25, 0.3) is 44.5 Å². The molecule has 214 valence electrons. The van der Waals surface area contributed by atoms with E-state index in [9.17, 15) is 4.79 Å². The first-order valence-electron chi connectivity index (χ1n) is 14.4. The number of pyridine rings is 1. The zero-order valence-electron chi connectivity index (χ0n) is 24.0. The van der Waals surface area contributed by atoms with Gasteiger partial charge in [-0.25, -0.2) is 9.78 Å². The predicted octanol–water partition coefficient (Wildman–Crippen LogP) is 4.93. The number of nitrogens with one attached hydrogen (secondary N) is 1. The molecule has 10 nitrogen and oxygen atoms in total. The molecule has 6 rings (SSSR count). The fourth-order valence-corrected chi connectivity index (χ4v) is 5.69. The van der Waals surface area contributed by atoms with Crippen LogP contribution in [0.2, 0.25) is 0 Å². The molecular weight excluding hydrogens is 518 g/mol. The van der Waals surface area contributed by atoms with Crippen molar-refractivity contribution in [1.82, 2.24) is 29.2 Å². The molecule has 1 N–H and O–H groups in total. The van der Waals surface area contributed by atoms with Crippen LogP contribution >= 0.6 is 0 Å². The van der Waals surface area contributed by atoms with Gasteiger partial charge in [0, 0.05) is 75.3 Å². The first kappa shape index (κ1) is 27.2. The summed E-state index contributed by atoms with van der Waals surface area (Å²) in [6.07, 6.45) is 9.66. The van der Waals surface area contributed by atoms with E-state index in [1.54, 1.807) is 22.6 Å². The average Bonchev–Trinajstić information content (AvgIpc) is 3.72. The Hall–Kier alpha value is -4.02. The summed E-state index contributed by atoms with van der Waals surface area (Å²) in [5, 5.41) is 8.76. The Labute approximate surface area is 239 Å². The minimum atomic E-state index is -0.276. The lowest BCUT2D eigenvalue weighted by Gasteiger charge is -2.16. The van der Waals surface area contributed by atoms with Crippen molar-refractivity contribution in [3.8, 4) is 22.4 Å². The van der Waals surface area contributed by atoms with Crippen LogP contribution in [0.4, 0.5) is 5.82 Å². The van der Waals surface area contributed by atoms with Crippen LogP contribution in [-0.2, 0) is 18.3 Å². The lowest BCUT2D eigenvalue weighted by Crippen LogP contribution is -2.28. The molecule has 41 heavy (non-hydrogen) atoms. The van der Waals surface area contributed by atoms with E-state index >= 15 is 0 Å². The smallest absolute Gasteiger partial charge is 0.348 e. The lowest BCUT2D eigenvalue weighted by atomic mass is 10.1. The second-order valence-corrected chi connectivity index (χ2v) is 10.9. The molecule has 0 amide bonds. The number of likely N-dealkylation sites (tertiary alicyclic amines) is 1. The van der Waals surface area contributed by atoms with Crippen LogP contribution in [-0.4, -0.2) is 68.6 Å². The van der Waals surface area contributed by atoms with Gasteiger partial charge in [-0.05, 0) is 42.7 Å². The summed E-state index contributed by atoms with van der Waals surface area (Å²) in [4.78, 5) is 25.1. The lowest BCUT2D eigenvalue weighted by molar-refractivity contribution is 0.160. The van der Waals surface area contributed by atoms with Gasteiger partial charge in [-0.1, -0.05) is 25.8 Å². The minimum Gasteiger partial charge on any atom is -0.452 e. The van der Waals surface area contributed by atoms with Crippen LogP contribution < -0.4 is 11.0 Å². The Morgan fingerprint density at radius 2 is 1.98 bits per heavy atom. The van der Waals surface area contributed by atoms with Gasteiger partial charge in [0.05, 0.1) is 12.8 Å². The number of fused-ring (bicyclic) bond motifs is 3. The number of unbranched alkanes of at least 4 members (excludes halogenated alkanes) is 2. The highest BCUT2D eigenvalue weighted by atomic mass is 16.5. The number of aryl methyl sites for hydroxylation is 2. The third-order valence-electron chi connectivity index (χ3n) is 7.88. The molecule has 1 aliphatic heterocycles. The van der Waals surface area contributed by atoms with Crippen molar-refractivity contribution >= 4 is 27.9 Å². The van der Waals surface area contributed by atoms with E-state index < -0.39 is 0 Å². The molecule has 1 fully saturated rings. The third kappa shape index (κ3) is 5.62. The fraction of sp³-hybridized carbons (Fsp3) is 0.419. The number of furan rings is 1. The van der Waals surface area contributed by atoms with Crippen LogP contribution in [0.15, 0.2) is 58.1 Å². The van der Waals surface area contributed by atoms with E-state index in [0.717, 1.165) is 90.9 Å². The van der Waals surface area contributed by atoms with E-state index in [2.05, 4.69) is 38.3 Å². The molecule has 0 radical (unpaired) electrons. The van der Waals surface area contributed by atoms with E-state index in [4.69, 9.17) is 9.15 Å². The summed E-state index contributed by atoms with van der Waals surface area (Å²) >= 11 is 0. The van der Waals surface area contributed by atoms with Crippen molar-refractivity contribution in [3.63, 3.8) is 0 Å². The van der Waals surface area contributed by atoms with Gasteiger partial charge in [-0.2, -0.15) is 10.1 Å². The van der Waals surface area contributed by atoms with Crippen molar-refractivity contribution in [1.29, 1.82) is 0 Å². The van der Waals surface area contributed by atoms with Gasteiger partial charge in [-0.15, -0.1) is 0 Å². The molecule has 0 saturated carbocycles. The van der Waals surface area contributed by atoms with Crippen molar-refractivity contribution in [2.75, 3.05) is 38.7 Å². The molecule has 1 aliphatic rings. The molecule has 0 bridgehead atoms. The number of ether oxygens (including phenoxy) is 1. The summed E-state index contributed by atoms with van der Waals surface area (Å²) in [6, 6.07) is 10.3. The van der Waals surface area contributed by atoms with Gasteiger partial charge >= 0.3 is 5.69 Å². The standard InChI is InChI=1S/C31H37N7O3/c1-4-5-6-12-38-29-25-16-21(23-18-33-36(2)19-23)7-9-26(25)41-30(29)28(35-31(38)39)22-8-10-27(32-17-22)34-24-11-13-37(20-24)14-15-40-3/h7-10,16-19,24H,4-6,11-15,20H2,1-3H3,(H,32,34). The number of aromatic nitrogens is 5. The Bertz CT molecular complexity index is 1700. The van der Waals surface area contributed by atoms with E-state index in [1.165, 1.54) is 0 Å². The highest BCUT2D eigenvalue weighted by Crippen LogP contribution is 2.36. The molecule has 4 aromatic heterocycles. The molecule has 1 aromatic carbocycles. The van der Waals surface area contributed by atoms with E-state index in [1.807, 2.05) is 43.7 Å². The first-order chi connectivity index (χ1) is 20.0. The summed E-state index contributed by atoms with van der Waals surface area (Å²) in [5.41, 5.74) is 5.11. The van der Waals surface area contributed by atoms with Gasteiger partial charge < -0.3 is 14.5 Å². The van der Waals surface area contributed by atoms with Gasteiger partial charge in [0.1, 0.15) is 22.6 Å². The molecule has 5 heterocycles. The van der Waals surface area contributed by atoms with Gasteiger partial charge in [0.25, 0.3) is 0 Å². The zero-order chi connectivity index (χ0) is 28.3. The highest BCUT2D eigenvalue weighted by molar-refractivity contribution is 6.07. The Morgan fingerprint density at radius 3 is 2.73 bits per heavy atom. The molecule has 0 spiro atoms. The van der Waals surface area contributed by atoms with Crippen molar-refractivity contribution < 1.29 is 9.15 Å². The van der Waals surface area contributed by atoms with Gasteiger partial charge in [-0.3, -0.25) is 14.1 Å². The monoisotopic (exact) mass is 555 g/mol. The molecule has 0 aliphatic carbocycles. The molecule has 5 aromatic rings. The maximum Gasteiger partial charge on any atom is 0.348 e. The summed E-state index contributed by atoms with van der Waals surface area (Å²) in [6.45, 7) is 6.43. The zero-order valence-corrected chi connectivity index (χ0v) is 24.0. The molecule has 1 saturated heterocycles. The summed E-state index contributed by atoms with van der Waals surface area (Å²) in [5.74, 6) is 0.808. The van der Waals surface area contributed by atoms with Crippen LogP contribution in [0, 0.1) is 0 Å². The second kappa shape index (κ2) is 11.8. The Balaban J connectivity index is 1.36. The van der Waals surface area contributed by atoms with Crippen LogP contribution in [0.1, 0.15) is 32.6 Å². The largest absolute Gasteiger partial charge is 0.452 e. The first-order valence-corrected chi connectivity index (χ1v) is 14.4. The Kier molecular flexibility index (Phi) is 7.84. The molecule has 1 unspecified atom stereocenters. The Morgan fingerprint density at radius 1 is 1.10 bits per heavy atom. The predicted molar refractivity (Wildman–Crippen MR) is 161 cm³/mol. The molecular formula is C31H37N7O3. The second-order valence-electron chi connectivity index (χ2n) is 10.9. The van der Waals surface area contributed by atoms with Crippen LogP contribution in [0.5, 0.6) is 0 Å². The number of methoxy groups -OCH3 is 1. The number of anilines is 1. The van der Waals surface area contributed by atoms with Crippen molar-refractivity contribution in [2.24, 2.45) is 7.05 Å². The van der Waals surface area contributed by atoms with Crippen LogP contribution in [0.3, 0.4) is 0 Å². The number of hydrogen-bond donors (Lipinski definition) is 1. The number of hydrogen-bond acceptors (Lipinski definition) is 8. The highest BCUT2D eigenvalue weighted by Gasteiger charge is 2.23. The summed E-state index contributed by atoms with van der Waals surface area (Å²) < 4.78 is 15.2.